The number of ether oxygens (including phenoxy) is 1. The van der Waals surface area contributed by atoms with E-state index in [0.29, 0.717) is 17.7 Å². The second kappa shape index (κ2) is 11.9. The highest BCUT2D eigenvalue weighted by Gasteiger charge is 2.23. The SMILES string of the molecule is CSCC[C@H](NC(=O)c1ccccc1)C(=O)OCC(=O)N(C)CCC#N. The van der Waals surface area contributed by atoms with E-state index in [1.54, 1.807) is 42.1 Å². The van der Waals surface area contributed by atoms with E-state index in [4.69, 9.17) is 10.00 Å². The second-order valence-corrected chi connectivity index (χ2v) is 6.49. The van der Waals surface area contributed by atoms with Crippen LogP contribution in [0.1, 0.15) is 23.2 Å². The normalized spacial score (nSPS) is 11.1. The third kappa shape index (κ3) is 7.57. The molecule has 0 aliphatic heterocycles. The molecule has 0 bridgehead atoms. The van der Waals surface area contributed by atoms with Gasteiger partial charge in [-0.15, -0.1) is 0 Å². The average Bonchev–Trinajstić information content (AvgIpc) is 2.67. The molecule has 140 valence electrons. The maximum absolute atomic E-state index is 12.3. The number of nitrogens with zero attached hydrogens (tertiary/aromatic N) is 2. The summed E-state index contributed by atoms with van der Waals surface area (Å²) in [7, 11) is 1.54. The van der Waals surface area contributed by atoms with Crippen LogP contribution in [0, 0.1) is 11.3 Å². The monoisotopic (exact) mass is 377 g/mol. The van der Waals surface area contributed by atoms with E-state index in [-0.39, 0.29) is 18.9 Å². The van der Waals surface area contributed by atoms with Crippen molar-refractivity contribution < 1.29 is 19.1 Å². The van der Waals surface area contributed by atoms with E-state index >= 15 is 0 Å². The smallest absolute Gasteiger partial charge is 0.329 e. The van der Waals surface area contributed by atoms with Gasteiger partial charge in [0.1, 0.15) is 6.04 Å². The first-order valence-electron chi connectivity index (χ1n) is 8.12. The van der Waals surface area contributed by atoms with Crippen LogP contribution in [-0.2, 0) is 14.3 Å². The van der Waals surface area contributed by atoms with Crippen LogP contribution in [0.4, 0.5) is 0 Å². The maximum Gasteiger partial charge on any atom is 0.329 e. The Hall–Kier alpha value is -2.53. The summed E-state index contributed by atoms with van der Waals surface area (Å²) < 4.78 is 5.06. The number of thioether (sulfide) groups is 1. The third-order valence-corrected chi connectivity index (χ3v) is 4.20. The molecule has 2 amide bonds. The second-order valence-electron chi connectivity index (χ2n) is 5.50. The highest BCUT2D eigenvalue weighted by atomic mass is 32.2. The molecule has 1 aromatic rings. The van der Waals surface area contributed by atoms with Gasteiger partial charge in [0.05, 0.1) is 12.5 Å². The molecule has 0 spiro atoms. The number of likely N-dealkylation sites (N-methyl/N-ethyl adjacent to an activating group) is 1. The van der Waals surface area contributed by atoms with Gasteiger partial charge in [0.2, 0.25) is 0 Å². The predicted octanol–water partition coefficient (Wildman–Crippen LogP) is 1.45. The summed E-state index contributed by atoms with van der Waals surface area (Å²) in [6, 6.07) is 9.69. The topological polar surface area (TPSA) is 99.5 Å². The Morgan fingerprint density at radius 1 is 1.31 bits per heavy atom. The molecule has 0 aliphatic rings. The number of amides is 2. The van der Waals surface area contributed by atoms with Gasteiger partial charge < -0.3 is 15.0 Å². The highest BCUT2D eigenvalue weighted by molar-refractivity contribution is 7.98. The van der Waals surface area contributed by atoms with Crippen molar-refractivity contribution >= 4 is 29.5 Å². The summed E-state index contributed by atoms with van der Waals surface area (Å²) in [6.45, 7) is -0.148. The van der Waals surface area contributed by atoms with Gasteiger partial charge in [-0.2, -0.15) is 17.0 Å². The van der Waals surface area contributed by atoms with E-state index in [1.165, 1.54) is 11.9 Å². The molecule has 0 aromatic heterocycles. The zero-order valence-corrected chi connectivity index (χ0v) is 15.8. The molecule has 1 N–H and O–H groups in total. The van der Waals surface area contributed by atoms with Gasteiger partial charge in [0.15, 0.2) is 6.61 Å². The van der Waals surface area contributed by atoms with Crippen molar-refractivity contribution in [3.8, 4) is 6.07 Å². The van der Waals surface area contributed by atoms with Gasteiger partial charge in [-0.1, -0.05) is 18.2 Å². The number of carbonyl (C=O) groups excluding carboxylic acids is 3. The van der Waals surface area contributed by atoms with Crippen molar-refractivity contribution in [1.29, 1.82) is 5.26 Å². The lowest BCUT2D eigenvalue weighted by atomic mass is 10.1. The number of rotatable bonds is 10. The molecule has 0 fully saturated rings. The van der Waals surface area contributed by atoms with Crippen LogP contribution < -0.4 is 5.32 Å². The fourth-order valence-electron chi connectivity index (χ4n) is 2.00. The minimum atomic E-state index is -0.827. The first-order chi connectivity index (χ1) is 12.5. The van der Waals surface area contributed by atoms with Crippen molar-refractivity contribution in [3.63, 3.8) is 0 Å². The fraction of sp³-hybridized carbons (Fsp3) is 0.444. The molecular formula is C18H23N3O4S. The van der Waals surface area contributed by atoms with E-state index < -0.39 is 24.5 Å². The van der Waals surface area contributed by atoms with Crippen LogP contribution >= 0.6 is 11.8 Å². The van der Waals surface area contributed by atoms with Crippen molar-refractivity contribution in [2.45, 2.75) is 18.9 Å². The Balaban J connectivity index is 2.61. The van der Waals surface area contributed by atoms with Crippen molar-refractivity contribution in [1.82, 2.24) is 10.2 Å². The molecule has 0 unspecified atom stereocenters. The minimum Gasteiger partial charge on any atom is -0.454 e. The number of nitriles is 1. The Labute approximate surface area is 157 Å². The molecule has 0 radical (unpaired) electrons. The van der Waals surface area contributed by atoms with E-state index in [0.717, 1.165) is 0 Å². The van der Waals surface area contributed by atoms with Gasteiger partial charge in [0.25, 0.3) is 11.8 Å². The molecule has 0 saturated carbocycles. The largest absolute Gasteiger partial charge is 0.454 e. The molecule has 1 aromatic carbocycles. The van der Waals surface area contributed by atoms with Crippen LogP contribution in [0.5, 0.6) is 0 Å². The number of hydrogen-bond donors (Lipinski definition) is 1. The van der Waals surface area contributed by atoms with Crippen LogP contribution in [0.3, 0.4) is 0 Å². The quantitative estimate of drug-likeness (QED) is 0.620. The lowest BCUT2D eigenvalue weighted by molar-refractivity contribution is -0.153. The van der Waals surface area contributed by atoms with Crippen molar-refractivity contribution in [3.05, 3.63) is 35.9 Å². The molecule has 26 heavy (non-hydrogen) atoms. The van der Waals surface area contributed by atoms with Crippen LogP contribution in [-0.4, -0.2) is 60.9 Å². The first kappa shape index (κ1) is 21.5. The summed E-state index contributed by atoms with van der Waals surface area (Å²) in [4.78, 5) is 37.8. The average molecular weight is 377 g/mol. The van der Waals surface area contributed by atoms with Crippen LogP contribution in [0.25, 0.3) is 0 Å². The van der Waals surface area contributed by atoms with Gasteiger partial charge in [0, 0.05) is 19.2 Å². The van der Waals surface area contributed by atoms with Gasteiger partial charge >= 0.3 is 5.97 Å². The fourth-order valence-corrected chi connectivity index (χ4v) is 2.47. The molecular weight excluding hydrogens is 354 g/mol. The maximum atomic E-state index is 12.3. The summed E-state index contributed by atoms with van der Waals surface area (Å²) in [5.74, 6) is -0.756. The number of esters is 1. The number of carbonyl (C=O) groups is 3. The number of benzene rings is 1. The van der Waals surface area contributed by atoms with Crippen molar-refractivity contribution in [2.24, 2.45) is 0 Å². The zero-order valence-electron chi connectivity index (χ0n) is 14.9. The predicted molar refractivity (Wildman–Crippen MR) is 99.5 cm³/mol. The number of hydrogen-bond acceptors (Lipinski definition) is 6. The van der Waals surface area contributed by atoms with Gasteiger partial charge in [-0.3, -0.25) is 9.59 Å². The Kier molecular flexibility index (Phi) is 9.87. The van der Waals surface area contributed by atoms with Crippen LogP contribution in [0.2, 0.25) is 0 Å². The highest BCUT2D eigenvalue weighted by Crippen LogP contribution is 2.06. The number of nitrogens with one attached hydrogen (secondary N) is 1. The molecule has 0 heterocycles. The Bertz CT molecular complexity index is 646. The summed E-state index contributed by atoms with van der Waals surface area (Å²) in [5, 5.41) is 11.2. The summed E-state index contributed by atoms with van der Waals surface area (Å²) in [5.41, 5.74) is 0.446. The van der Waals surface area contributed by atoms with Gasteiger partial charge in [-0.05, 0) is 30.6 Å². The molecule has 1 atom stereocenters. The molecule has 0 saturated heterocycles. The van der Waals surface area contributed by atoms with Crippen LogP contribution in [0.15, 0.2) is 30.3 Å². The van der Waals surface area contributed by atoms with Gasteiger partial charge in [-0.25, -0.2) is 4.79 Å². The van der Waals surface area contributed by atoms with E-state index in [1.807, 2.05) is 12.3 Å². The lowest BCUT2D eigenvalue weighted by Gasteiger charge is -2.19. The molecule has 8 heteroatoms. The third-order valence-electron chi connectivity index (χ3n) is 3.56. The standard InChI is InChI=1S/C18H23N3O4S/c1-21(11-6-10-19)16(22)13-25-18(24)15(9-12-26-2)20-17(23)14-7-4-3-5-8-14/h3-5,7-8,15H,6,9,11-13H2,1-2H3,(H,20,23)/t15-/m0/s1. The van der Waals surface area contributed by atoms with E-state index in [9.17, 15) is 14.4 Å². The molecule has 1 rings (SSSR count). The summed E-state index contributed by atoms with van der Waals surface area (Å²) >= 11 is 1.54. The van der Waals surface area contributed by atoms with Crippen molar-refractivity contribution in [2.75, 3.05) is 32.2 Å². The first-order valence-corrected chi connectivity index (χ1v) is 9.51. The minimum absolute atomic E-state index is 0.208. The summed E-state index contributed by atoms with van der Waals surface area (Å²) in [6.07, 6.45) is 2.51. The van der Waals surface area contributed by atoms with E-state index in [2.05, 4.69) is 5.32 Å². The lowest BCUT2D eigenvalue weighted by Crippen LogP contribution is -2.43. The Morgan fingerprint density at radius 3 is 2.62 bits per heavy atom. The molecule has 0 aliphatic carbocycles. The Morgan fingerprint density at radius 2 is 2.00 bits per heavy atom. The molecule has 7 nitrogen and oxygen atoms in total. The zero-order chi connectivity index (χ0) is 19.4.